The Balaban J connectivity index is 1.47. The van der Waals surface area contributed by atoms with Gasteiger partial charge in [-0.2, -0.15) is 0 Å². The summed E-state index contributed by atoms with van der Waals surface area (Å²) in [4.78, 5) is 17.0. The van der Waals surface area contributed by atoms with Crippen molar-refractivity contribution in [3.8, 4) is 0 Å². The summed E-state index contributed by atoms with van der Waals surface area (Å²) in [6, 6.07) is 18.3. The average Bonchev–Trinajstić information content (AvgIpc) is 2.75. The van der Waals surface area contributed by atoms with Crippen molar-refractivity contribution in [2.24, 2.45) is 0 Å². The van der Waals surface area contributed by atoms with Crippen LogP contribution in [0.2, 0.25) is 0 Å². The molecule has 0 bridgehead atoms. The minimum absolute atomic E-state index is 0.112. The predicted molar refractivity (Wildman–Crippen MR) is 115 cm³/mol. The second-order valence-electron chi connectivity index (χ2n) is 7.00. The number of carbonyl (C=O) groups is 1. The van der Waals surface area contributed by atoms with Crippen LogP contribution in [-0.4, -0.2) is 37.0 Å². The van der Waals surface area contributed by atoms with E-state index in [2.05, 4.69) is 64.8 Å². The van der Waals surface area contributed by atoms with Crippen molar-refractivity contribution in [1.82, 2.24) is 15.8 Å². The smallest absolute Gasteiger partial charge is 0.269 e. The highest BCUT2D eigenvalue weighted by atomic mass is 16.2. The molecule has 0 aromatic heterocycles. The zero-order valence-corrected chi connectivity index (χ0v) is 16.8. The number of hydrogen-bond donors (Lipinski definition) is 2. The van der Waals surface area contributed by atoms with E-state index in [9.17, 15) is 4.79 Å². The van der Waals surface area contributed by atoms with E-state index in [1.807, 2.05) is 30.3 Å². The Morgan fingerprint density at radius 3 is 2.36 bits per heavy atom. The summed E-state index contributed by atoms with van der Waals surface area (Å²) in [6.07, 6.45) is 3.05. The molecule has 5 heteroatoms. The topological polar surface area (TPSA) is 47.6 Å². The van der Waals surface area contributed by atoms with E-state index >= 15 is 0 Å². The molecule has 28 heavy (non-hydrogen) atoms. The highest BCUT2D eigenvalue weighted by molar-refractivity contribution is 5.94. The largest absolute Gasteiger partial charge is 0.372 e. The summed E-state index contributed by atoms with van der Waals surface area (Å²) < 4.78 is 0. The van der Waals surface area contributed by atoms with Gasteiger partial charge in [0.2, 0.25) is 0 Å². The van der Waals surface area contributed by atoms with Gasteiger partial charge in [0, 0.05) is 56.1 Å². The Hall–Kier alpha value is -2.79. The number of anilines is 1. The molecule has 0 fully saturated rings. The summed E-state index contributed by atoms with van der Waals surface area (Å²) in [6.45, 7) is 8.99. The molecule has 1 heterocycles. The van der Waals surface area contributed by atoms with Crippen LogP contribution in [0.25, 0.3) is 0 Å². The molecule has 0 spiro atoms. The molecule has 2 aromatic carbocycles. The summed E-state index contributed by atoms with van der Waals surface area (Å²) in [5.41, 5.74) is 10.1. The molecule has 0 aliphatic carbocycles. The van der Waals surface area contributed by atoms with Crippen LogP contribution < -0.4 is 15.8 Å². The van der Waals surface area contributed by atoms with E-state index in [4.69, 9.17) is 0 Å². The normalized spacial score (nSPS) is 14.3. The third-order valence-corrected chi connectivity index (χ3v) is 5.14. The minimum atomic E-state index is -0.112. The number of carbonyl (C=O) groups excluding carboxylic acids is 1. The molecule has 5 nitrogen and oxygen atoms in total. The maximum atomic E-state index is 12.4. The predicted octanol–water partition coefficient (Wildman–Crippen LogP) is 3.56. The molecule has 0 radical (unpaired) electrons. The molecule has 0 saturated heterocycles. The Morgan fingerprint density at radius 1 is 1.04 bits per heavy atom. The molecule has 0 unspecified atom stereocenters. The standard InChI is InChI=1S/C23H30N4O/c1-3-27(4-2)22-12-10-20(11-13-22)23(28)25-24-21-14-16-26(17-15-21)18-19-8-6-5-7-9-19/h5-14,24H,3-4,15-18H2,1-2H3,(H,25,28). The van der Waals surface area contributed by atoms with Gasteiger partial charge in [0.15, 0.2) is 0 Å². The minimum Gasteiger partial charge on any atom is -0.372 e. The van der Waals surface area contributed by atoms with Gasteiger partial charge in [-0.3, -0.25) is 15.1 Å². The van der Waals surface area contributed by atoms with E-state index in [1.165, 1.54) is 5.56 Å². The molecular formula is C23H30N4O. The number of benzene rings is 2. The van der Waals surface area contributed by atoms with Crippen LogP contribution in [0.4, 0.5) is 5.69 Å². The zero-order chi connectivity index (χ0) is 19.8. The highest BCUT2D eigenvalue weighted by Gasteiger charge is 2.13. The first kappa shape index (κ1) is 20.0. The monoisotopic (exact) mass is 378 g/mol. The van der Waals surface area contributed by atoms with Crippen LogP contribution in [0.1, 0.15) is 36.2 Å². The second-order valence-corrected chi connectivity index (χ2v) is 7.00. The molecule has 1 aliphatic rings. The first-order valence-corrected chi connectivity index (χ1v) is 10.1. The van der Waals surface area contributed by atoms with Crippen molar-refractivity contribution in [1.29, 1.82) is 0 Å². The van der Waals surface area contributed by atoms with E-state index in [-0.39, 0.29) is 5.91 Å². The molecular weight excluding hydrogens is 348 g/mol. The molecule has 2 aromatic rings. The van der Waals surface area contributed by atoms with Crippen LogP contribution in [-0.2, 0) is 6.54 Å². The van der Waals surface area contributed by atoms with Crippen molar-refractivity contribution in [2.75, 3.05) is 31.1 Å². The van der Waals surface area contributed by atoms with Gasteiger partial charge < -0.3 is 10.3 Å². The average molecular weight is 379 g/mol. The van der Waals surface area contributed by atoms with Crippen molar-refractivity contribution in [3.05, 3.63) is 77.5 Å². The van der Waals surface area contributed by atoms with Crippen LogP contribution >= 0.6 is 0 Å². The fourth-order valence-corrected chi connectivity index (χ4v) is 3.43. The lowest BCUT2D eigenvalue weighted by Crippen LogP contribution is -2.40. The Labute approximate surface area is 168 Å². The first-order valence-electron chi connectivity index (χ1n) is 10.1. The molecule has 0 saturated carbocycles. The number of hydrazine groups is 1. The number of hydrogen-bond acceptors (Lipinski definition) is 4. The van der Waals surface area contributed by atoms with E-state index in [0.29, 0.717) is 5.56 Å². The number of rotatable bonds is 8. The zero-order valence-electron chi connectivity index (χ0n) is 16.8. The van der Waals surface area contributed by atoms with E-state index in [1.54, 1.807) is 0 Å². The lowest BCUT2D eigenvalue weighted by molar-refractivity contribution is 0.0937. The molecule has 3 rings (SSSR count). The fraction of sp³-hybridized carbons (Fsp3) is 0.348. The number of amides is 1. The second kappa shape index (κ2) is 9.95. The number of nitrogens with one attached hydrogen (secondary N) is 2. The highest BCUT2D eigenvalue weighted by Crippen LogP contribution is 2.15. The van der Waals surface area contributed by atoms with Gasteiger partial charge in [0.05, 0.1) is 0 Å². The number of nitrogens with zero attached hydrogens (tertiary/aromatic N) is 2. The quantitative estimate of drug-likeness (QED) is 0.690. The Bertz CT molecular complexity index is 782. The molecule has 0 atom stereocenters. The van der Waals surface area contributed by atoms with Gasteiger partial charge in [-0.25, -0.2) is 0 Å². The van der Waals surface area contributed by atoms with Gasteiger partial charge in [-0.15, -0.1) is 0 Å². The summed E-state index contributed by atoms with van der Waals surface area (Å²) in [7, 11) is 0. The van der Waals surface area contributed by atoms with Crippen molar-refractivity contribution in [3.63, 3.8) is 0 Å². The summed E-state index contributed by atoms with van der Waals surface area (Å²) >= 11 is 0. The first-order chi connectivity index (χ1) is 13.7. The van der Waals surface area contributed by atoms with Gasteiger partial charge in [0.1, 0.15) is 0 Å². The molecule has 148 valence electrons. The van der Waals surface area contributed by atoms with Crippen molar-refractivity contribution < 1.29 is 4.79 Å². The molecule has 1 aliphatic heterocycles. The molecule has 1 amide bonds. The van der Waals surface area contributed by atoms with Gasteiger partial charge in [-0.1, -0.05) is 30.3 Å². The van der Waals surface area contributed by atoms with E-state index in [0.717, 1.165) is 50.5 Å². The Kier molecular flexibility index (Phi) is 7.09. The van der Waals surface area contributed by atoms with Gasteiger partial charge >= 0.3 is 0 Å². The lowest BCUT2D eigenvalue weighted by Gasteiger charge is -2.27. The SMILES string of the molecule is CCN(CC)c1ccc(C(=O)NNC2=CCN(Cc3ccccc3)CC2)cc1. The lowest BCUT2D eigenvalue weighted by atomic mass is 10.1. The third kappa shape index (κ3) is 5.36. The fourth-order valence-electron chi connectivity index (χ4n) is 3.43. The van der Waals surface area contributed by atoms with Crippen LogP contribution in [0.3, 0.4) is 0 Å². The van der Waals surface area contributed by atoms with Gasteiger partial charge in [0.25, 0.3) is 5.91 Å². The van der Waals surface area contributed by atoms with Crippen LogP contribution in [0.5, 0.6) is 0 Å². The molecule has 2 N–H and O–H groups in total. The summed E-state index contributed by atoms with van der Waals surface area (Å²) in [5, 5.41) is 0. The maximum absolute atomic E-state index is 12.4. The third-order valence-electron chi connectivity index (χ3n) is 5.14. The van der Waals surface area contributed by atoms with E-state index < -0.39 is 0 Å². The van der Waals surface area contributed by atoms with Gasteiger partial charge in [-0.05, 0) is 49.8 Å². The van der Waals surface area contributed by atoms with Crippen LogP contribution in [0.15, 0.2) is 66.4 Å². The van der Waals surface area contributed by atoms with Crippen molar-refractivity contribution in [2.45, 2.75) is 26.8 Å². The van der Waals surface area contributed by atoms with Crippen molar-refractivity contribution >= 4 is 11.6 Å². The maximum Gasteiger partial charge on any atom is 0.269 e. The summed E-state index contributed by atoms with van der Waals surface area (Å²) in [5.74, 6) is -0.112. The van der Waals surface area contributed by atoms with Crippen LogP contribution in [0, 0.1) is 0 Å². The Morgan fingerprint density at radius 2 is 1.75 bits per heavy atom.